The lowest BCUT2D eigenvalue weighted by atomic mass is 9.96. The number of anilines is 1. The summed E-state index contributed by atoms with van der Waals surface area (Å²) in [5, 5.41) is 2.65. The van der Waals surface area contributed by atoms with Crippen molar-refractivity contribution in [3.63, 3.8) is 0 Å². The van der Waals surface area contributed by atoms with E-state index in [1.807, 2.05) is 53.6 Å². The third-order valence-corrected chi connectivity index (χ3v) is 6.80. The summed E-state index contributed by atoms with van der Waals surface area (Å²) in [5.74, 6) is -0.0691. The second-order valence-corrected chi connectivity index (χ2v) is 8.57. The molecule has 1 aromatic carbocycles. The van der Waals surface area contributed by atoms with Gasteiger partial charge in [0.15, 0.2) is 5.13 Å². The quantitative estimate of drug-likeness (QED) is 0.659. The number of hydrogen-bond acceptors (Lipinski definition) is 5. The van der Waals surface area contributed by atoms with Gasteiger partial charge < -0.3 is 4.90 Å². The molecule has 3 heterocycles. The highest BCUT2D eigenvalue weighted by Crippen LogP contribution is 2.31. The minimum Gasteiger partial charge on any atom is -0.337 e. The summed E-state index contributed by atoms with van der Waals surface area (Å²) < 4.78 is 1.08. The van der Waals surface area contributed by atoms with Crippen molar-refractivity contribution in [2.24, 2.45) is 5.92 Å². The number of thiophene rings is 1. The Morgan fingerprint density at radius 1 is 1.26 bits per heavy atom. The normalized spacial score (nSPS) is 17.2. The molecule has 140 valence electrons. The van der Waals surface area contributed by atoms with Crippen LogP contribution in [0.1, 0.15) is 29.4 Å². The second-order valence-electron chi connectivity index (χ2n) is 6.61. The van der Waals surface area contributed by atoms with Gasteiger partial charge >= 0.3 is 0 Å². The van der Waals surface area contributed by atoms with Gasteiger partial charge in [-0.3, -0.25) is 14.5 Å². The first-order valence-electron chi connectivity index (χ1n) is 9.17. The fourth-order valence-corrected chi connectivity index (χ4v) is 5.23. The molecule has 4 rings (SSSR count). The zero-order valence-corrected chi connectivity index (χ0v) is 16.8. The van der Waals surface area contributed by atoms with Crippen molar-refractivity contribution >= 4 is 49.8 Å². The Morgan fingerprint density at radius 3 is 2.85 bits per heavy atom. The van der Waals surface area contributed by atoms with E-state index in [-0.39, 0.29) is 17.7 Å². The van der Waals surface area contributed by atoms with Gasteiger partial charge in [0.1, 0.15) is 0 Å². The maximum atomic E-state index is 13.2. The van der Waals surface area contributed by atoms with Gasteiger partial charge in [0.05, 0.1) is 21.0 Å². The van der Waals surface area contributed by atoms with Crippen LogP contribution in [0.2, 0.25) is 0 Å². The minimum atomic E-state index is -0.172. The van der Waals surface area contributed by atoms with Gasteiger partial charge in [-0.1, -0.05) is 29.5 Å². The lowest BCUT2D eigenvalue weighted by Gasteiger charge is -2.34. The van der Waals surface area contributed by atoms with Crippen LogP contribution < -0.4 is 4.90 Å². The van der Waals surface area contributed by atoms with E-state index < -0.39 is 0 Å². The molecule has 0 radical (unpaired) electrons. The van der Waals surface area contributed by atoms with E-state index in [2.05, 4.69) is 4.98 Å². The number of likely N-dealkylation sites (tertiary alicyclic amines) is 1. The molecule has 0 N–H and O–H groups in total. The lowest BCUT2D eigenvalue weighted by Crippen LogP contribution is -2.46. The van der Waals surface area contributed by atoms with Crippen molar-refractivity contribution in [1.29, 1.82) is 0 Å². The number of benzene rings is 1. The molecular weight excluding hydrogens is 378 g/mol. The van der Waals surface area contributed by atoms with Gasteiger partial charge in [0, 0.05) is 19.6 Å². The predicted octanol–water partition coefficient (Wildman–Crippen LogP) is 4.26. The Bertz CT molecular complexity index is 918. The molecule has 1 aliphatic heterocycles. The first-order chi connectivity index (χ1) is 13.2. The van der Waals surface area contributed by atoms with E-state index in [1.54, 1.807) is 16.2 Å². The molecule has 5 nitrogen and oxygen atoms in total. The Balaban J connectivity index is 1.52. The molecule has 1 aliphatic rings. The van der Waals surface area contributed by atoms with E-state index in [1.165, 1.54) is 11.3 Å². The summed E-state index contributed by atoms with van der Waals surface area (Å²) in [6, 6.07) is 11.7. The zero-order valence-electron chi connectivity index (χ0n) is 15.1. The maximum absolute atomic E-state index is 13.2. The average Bonchev–Trinajstić information content (AvgIpc) is 3.38. The van der Waals surface area contributed by atoms with Crippen molar-refractivity contribution in [2.75, 3.05) is 24.5 Å². The molecule has 3 aromatic rings. The highest BCUT2D eigenvalue weighted by atomic mass is 32.1. The molecular formula is C20H21N3O2S2. The molecule has 1 atom stereocenters. The van der Waals surface area contributed by atoms with Crippen LogP contribution >= 0.6 is 22.7 Å². The van der Waals surface area contributed by atoms with Crippen LogP contribution in [-0.2, 0) is 4.79 Å². The fourth-order valence-electron chi connectivity index (χ4n) is 3.50. The molecule has 0 aliphatic carbocycles. The number of piperidine rings is 1. The number of amides is 2. The van der Waals surface area contributed by atoms with Crippen molar-refractivity contribution in [1.82, 2.24) is 9.88 Å². The Hall–Kier alpha value is -2.25. The largest absolute Gasteiger partial charge is 0.337 e. The monoisotopic (exact) mass is 399 g/mol. The molecule has 0 bridgehead atoms. The van der Waals surface area contributed by atoms with E-state index in [4.69, 9.17) is 0 Å². The summed E-state index contributed by atoms with van der Waals surface area (Å²) in [6.07, 6.45) is 1.67. The number of carbonyl (C=O) groups excluding carboxylic acids is 2. The van der Waals surface area contributed by atoms with Crippen LogP contribution in [0.5, 0.6) is 0 Å². The summed E-state index contributed by atoms with van der Waals surface area (Å²) in [4.78, 5) is 34.8. The zero-order chi connectivity index (χ0) is 18.8. The molecule has 1 unspecified atom stereocenters. The molecule has 1 saturated heterocycles. The Morgan fingerprint density at radius 2 is 2.11 bits per heavy atom. The first kappa shape index (κ1) is 18.1. The molecule has 27 heavy (non-hydrogen) atoms. The third kappa shape index (κ3) is 3.61. The smallest absolute Gasteiger partial charge is 0.263 e. The summed E-state index contributed by atoms with van der Waals surface area (Å²) in [5.41, 5.74) is 0.918. The summed E-state index contributed by atoms with van der Waals surface area (Å²) >= 11 is 2.99. The van der Waals surface area contributed by atoms with Gasteiger partial charge in [0.25, 0.3) is 5.91 Å². The predicted molar refractivity (Wildman–Crippen MR) is 111 cm³/mol. The summed E-state index contributed by atoms with van der Waals surface area (Å²) in [7, 11) is 0. The van der Waals surface area contributed by atoms with Crippen LogP contribution in [0.3, 0.4) is 0 Å². The number of rotatable bonds is 4. The number of aromatic nitrogens is 1. The average molecular weight is 400 g/mol. The van der Waals surface area contributed by atoms with Gasteiger partial charge in [0.2, 0.25) is 5.91 Å². The number of fused-ring (bicyclic) bond motifs is 1. The standard InChI is InChI=1S/C20H21N3O2S2/c1-2-23(20-21-15-8-3-4-9-16(15)27-20)18(24)14-7-5-11-22(13-14)19(25)17-10-6-12-26-17/h3-4,6,8-10,12,14H,2,5,7,11,13H2,1H3. The number of carbonyl (C=O) groups is 2. The van der Waals surface area contributed by atoms with Gasteiger partial charge in [-0.25, -0.2) is 4.98 Å². The Kier molecular flexibility index (Phi) is 5.22. The van der Waals surface area contributed by atoms with Crippen molar-refractivity contribution in [3.05, 3.63) is 46.7 Å². The lowest BCUT2D eigenvalue weighted by molar-refractivity contribution is -0.123. The molecule has 7 heteroatoms. The van der Waals surface area contributed by atoms with Crippen molar-refractivity contribution < 1.29 is 9.59 Å². The van der Waals surface area contributed by atoms with Crippen molar-refractivity contribution in [3.8, 4) is 0 Å². The van der Waals surface area contributed by atoms with Crippen LogP contribution in [0.15, 0.2) is 41.8 Å². The van der Waals surface area contributed by atoms with Gasteiger partial charge in [-0.2, -0.15) is 0 Å². The second kappa shape index (κ2) is 7.78. The molecule has 0 spiro atoms. The minimum absolute atomic E-state index is 0.0329. The fraction of sp³-hybridized carbons (Fsp3) is 0.350. The van der Waals surface area contributed by atoms with E-state index in [0.29, 0.717) is 19.6 Å². The highest BCUT2D eigenvalue weighted by molar-refractivity contribution is 7.22. The number of thiazole rings is 1. The SMILES string of the molecule is CCN(C(=O)C1CCCN(C(=O)c2cccs2)C1)c1nc2ccccc2s1. The van der Waals surface area contributed by atoms with Crippen molar-refractivity contribution in [2.45, 2.75) is 19.8 Å². The van der Waals surface area contributed by atoms with Crippen LogP contribution in [0.4, 0.5) is 5.13 Å². The van der Waals surface area contributed by atoms with E-state index in [9.17, 15) is 9.59 Å². The molecule has 1 fully saturated rings. The maximum Gasteiger partial charge on any atom is 0.263 e. The summed E-state index contributed by atoms with van der Waals surface area (Å²) in [6.45, 7) is 3.75. The van der Waals surface area contributed by atoms with E-state index in [0.717, 1.165) is 33.1 Å². The van der Waals surface area contributed by atoms with Gasteiger partial charge in [-0.15, -0.1) is 11.3 Å². The molecule has 2 amide bonds. The Labute approximate surface area is 166 Å². The molecule has 2 aromatic heterocycles. The molecule has 0 saturated carbocycles. The van der Waals surface area contributed by atoms with E-state index >= 15 is 0 Å². The highest BCUT2D eigenvalue weighted by Gasteiger charge is 2.32. The van der Waals surface area contributed by atoms with Crippen LogP contribution in [0.25, 0.3) is 10.2 Å². The topological polar surface area (TPSA) is 53.5 Å². The first-order valence-corrected chi connectivity index (χ1v) is 10.9. The van der Waals surface area contributed by atoms with Crippen LogP contribution in [-0.4, -0.2) is 41.3 Å². The van der Waals surface area contributed by atoms with Gasteiger partial charge in [-0.05, 0) is 43.3 Å². The number of para-hydroxylation sites is 1. The third-order valence-electron chi connectivity index (χ3n) is 4.89. The number of hydrogen-bond donors (Lipinski definition) is 0. The number of nitrogens with zero attached hydrogens (tertiary/aromatic N) is 3. The van der Waals surface area contributed by atoms with Crippen LogP contribution in [0, 0.1) is 5.92 Å².